The summed E-state index contributed by atoms with van der Waals surface area (Å²) in [5.41, 5.74) is 0. The van der Waals surface area contributed by atoms with Gasteiger partial charge in [0.1, 0.15) is 0 Å². The van der Waals surface area contributed by atoms with E-state index in [2.05, 4.69) is 24.1 Å². The molecule has 0 aromatic carbocycles. The summed E-state index contributed by atoms with van der Waals surface area (Å²) in [5.74, 6) is 0. The smallest absolute Gasteiger partial charge is 0.0195 e. The molecule has 0 saturated carbocycles. The number of hydrogen-bond acceptors (Lipinski definition) is 2. The lowest BCUT2D eigenvalue weighted by molar-refractivity contribution is 0.224. The van der Waals surface area contributed by atoms with Gasteiger partial charge in [-0.25, -0.2) is 0 Å². The Bertz CT molecular complexity index is 133. The van der Waals surface area contributed by atoms with Gasteiger partial charge in [-0.1, -0.05) is 20.3 Å². The fraction of sp³-hybridized carbons (Fsp3) is 1.00. The molecule has 0 aromatic heterocycles. The molecule has 1 N–H and O–H groups in total. The van der Waals surface area contributed by atoms with E-state index in [-0.39, 0.29) is 24.8 Å². The van der Waals surface area contributed by atoms with Crippen molar-refractivity contribution >= 4 is 24.8 Å². The Morgan fingerprint density at radius 3 is 2.12 bits per heavy atom. The predicted molar refractivity (Wildman–Crippen MR) is 77.2 cm³/mol. The van der Waals surface area contributed by atoms with Gasteiger partial charge in [0.25, 0.3) is 0 Å². The lowest BCUT2D eigenvalue weighted by Crippen LogP contribution is -2.44. The average molecular weight is 271 g/mol. The molecule has 0 amide bonds. The highest BCUT2D eigenvalue weighted by Crippen LogP contribution is 2.09. The molecule has 1 rings (SSSR count). The zero-order valence-corrected chi connectivity index (χ0v) is 12.3. The van der Waals surface area contributed by atoms with Gasteiger partial charge < -0.3 is 10.2 Å². The summed E-state index contributed by atoms with van der Waals surface area (Å²) in [4.78, 5) is 2.61. The highest BCUT2D eigenvalue weighted by atomic mass is 35.5. The second-order valence-electron chi connectivity index (χ2n) is 4.45. The van der Waals surface area contributed by atoms with Crippen molar-refractivity contribution in [2.24, 2.45) is 0 Å². The normalized spacial score (nSPS) is 20.1. The van der Waals surface area contributed by atoms with E-state index >= 15 is 0 Å². The molecule has 0 bridgehead atoms. The maximum atomic E-state index is 3.62. The van der Waals surface area contributed by atoms with Crippen LogP contribution in [0.15, 0.2) is 0 Å². The summed E-state index contributed by atoms with van der Waals surface area (Å²) >= 11 is 0. The van der Waals surface area contributed by atoms with Crippen LogP contribution in [0.5, 0.6) is 0 Å². The summed E-state index contributed by atoms with van der Waals surface area (Å²) in [7, 11) is 0. The number of piperidine rings is 1. The van der Waals surface area contributed by atoms with E-state index in [9.17, 15) is 0 Å². The molecule has 1 saturated heterocycles. The summed E-state index contributed by atoms with van der Waals surface area (Å²) in [6, 6.07) is 0.766. The molecular weight excluding hydrogens is 243 g/mol. The van der Waals surface area contributed by atoms with E-state index in [1.54, 1.807) is 0 Å². The fourth-order valence-electron chi connectivity index (χ4n) is 2.32. The molecule has 1 fully saturated rings. The van der Waals surface area contributed by atoms with E-state index in [0.717, 1.165) is 6.04 Å². The molecule has 2 nitrogen and oxygen atoms in total. The standard InChI is InChI=1S/C12H26N2.2ClH/c1-3-9-14(10-4-2)11-12-7-5-6-8-13-12;;/h12-13H,3-11H2,1-2H3;2*1H. The van der Waals surface area contributed by atoms with Crippen molar-refractivity contribution in [1.82, 2.24) is 10.2 Å². The van der Waals surface area contributed by atoms with E-state index < -0.39 is 0 Å². The summed E-state index contributed by atoms with van der Waals surface area (Å²) in [6.07, 6.45) is 6.74. The highest BCUT2D eigenvalue weighted by molar-refractivity contribution is 5.85. The van der Waals surface area contributed by atoms with Crippen LogP contribution in [0.1, 0.15) is 46.0 Å². The monoisotopic (exact) mass is 270 g/mol. The van der Waals surface area contributed by atoms with Gasteiger partial charge in [0.05, 0.1) is 0 Å². The van der Waals surface area contributed by atoms with Gasteiger partial charge in [0, 0.05) is 12.6 Å². The van der Waals surface area contributed by atoms with Crippen LogP contribution in [0, 0.1) is 0 Å². The summed E-state index contributed by atoms with van der Waals surface area (Å²) < 4.78 is 0. The predicted octanol–water partition coefficient (Wildman–Crippen LogP) is 3.09. The number of nitrogens with one attached hydrogen (secondary N) is 1. The largest absolute Gasteiger partial charge is 0.313 e. The van der Waals surface area contributed by atoms with Gasteiger partial charge in [-0.15, -0.1) is 24.8 Å². The van der Waals surface area contributed by atoms with Crippen LogP contribution in [-0.4, -0.2) is 37.1 Å². The topological polar surface area (TPSA) is 15.3 Å². The Morgan fingerprint density at radius 1 is 1.06 bits per heavy atom. The van der Waals surface area contributed by atoms with Gasteiger partial charge in [-0.05, 0) is 45.3 Å². The first kappa shape index (κ1) is 18.9. The maximum absolute atomic E-state index is 3.62. The van der Waals surface area contributed by atoms with Crippen LogP contribution in [0.25, 0.3) is 0 Å². The van der Waals surface area contributed by atoms with Crippen molar-refractivity contribution < 1.29 is 0 Å². The van der Waals surface area contributed by atoms with Crippen molar-refractivity contribution in [3.05, 3.63) is 0 Å². The molecule has 1 aliphatic rings. The van der Waals surface area contributed by atoms with Gasteiger partial charge in [0.2, 0.25) is 0 Å². The molecule has 1 aliphatic heterocycles. The summed E-state index contributed by atoms with van der Waals surface area (Å²) in [5, 5.41) is 3.62. The first-order valence-electron chi connectivity index (χ1n) is 6.32. The number of hydrogen-bond donors (Lipinski definition) is 1. The van der Waals surface area contributed by atoms with Crippen LogP contribution < -0.4 is 5.32 Å². The van der Waals surface area contributed by atoms with E-state index in [1.807, 2.05) is 0 Å². The van der Waals surface area contributed by atoms with Crippen molar-refractivity contribution in [2.45, 2.75) is 52.0 Å². The van der Waals surface area contributed by atoms with Crippen molar-refractivity contribution in [3.63, 3.8) is 0 Å². The van der Waals surface area contributed by atoms with Gasteiger partial charge in [-0.3, -0.25) is 0 Å². The number of halogens is 2. The first-order chi connectivity index (χ1) is 6.86. The minimum absolute atomic E-state index is 0. The summed E-state index contributed by atoms with van der Waals surface area (Å²) in [6.45, 7) is 9.59. The minimum atomic E-state index is 0. The molecular formula is C12H28Cl2N2. The van der Waals surface area contributed by atoms with Crippen LogP contribution in [0.4, 0.5) is 0 Å². The van der Waals surface area contributed by atoms with Crippen molar-refractivity contribution in [2.75, 3.05) is 26.2 Å². The van der Waals surface area contributed by atoms with Gasteiger partial charge >= 0.3 is 0 Å². The molecule has 16 heavy (non-hydrogen) atoms. The zero-order valence-electron chi connectivity index (χ0n) is 10.7. The van der Waals surface area contributed by atoms with Gasteiger partial charge in [0.15, 0.2) is 0 Å². The molecule has 1 heterocycles. The molecule has 100 valence electrons. The Morgan fingerprint density at radius 2 is 1.69 bits per heavy atom. The average Bonchev–Trinajstić information content (AvgIpc) is 2.20. The third-order valence-corrected chi connectivity index (χ3v) is 2.97. The number of nitrogens with zero attached hydrogens (tertiary/aromatic N) is 1. The second kappa shape index (κ2) is 12.0. The molecule has 4 heteroatoms. The quantitative estimate of drug-likeness (QED) is 0.798. The lowest BCUT2D eigenvalue weighted by atomic mass is 10.0. The van der Waals surface area contributed by atoms with E-state index in [4.69, 9.17) is 0 Å². The molecule has 1 atom stereocenters. The molecule has 1 unspecified atom stereocenters. The van der Waals surface area contributed by atoms with Crippen molar-refractivity contribution in [1.29, 1.82) is 0 Å². The third-order valence-electron chi connectivity index (χ3n) is 2.97. The lowest BCUT2D eigenvalue weighted by Gasteiger charge is -2.30. The van der Waals surface area contributed by atoms with E-state index in [0.29, 0.717) is 0 Å². The molecule has 0 radical (unpaired) electrons. The maximum Gasteiger partial charge on any atom is 0.0195 e. The molecule has 0 spiro atoms. The highest BCUT2D eigenvalue weighted by Gasteiger charge is 2.15. The van der Waals surface area contributed by atoms with Crippen molar-refractivity contribution in [3.8, 4) is 0 Å². The Labute approximate surface area is 113 Å². The van der Waals surface area contributed by atoms with Crippen LogP contribution in [-0.2, 0) is 0 Å². The fourth-order valence-corrected chi connectivity index (χ4v) is 2.32. The third kappa shape index (κ3) is 7.72. The Balaban J connectivity index is 0. The van der Waals surface area contributed by atoms with E-state index in [1.165, 1.54) is 58.3 Å². The van der Waals surface area contributed by atoms with Crippen LogP contribution in [0.2, 0.25) is 0 Å². The minimum Gasteiger partial charge on any atom is -0.313 e. The second-order valence-corrected chi connectivity index (χ2v) is 4.45. The SMILES string of the molecule is CCCN(CCC)CC1CCCCN1.Cl.Cl. The Hall–Kier alpha value is 0.500. The van der Waals surface area contributed by atoms with Crippen LogP contribution in [0.3, 0.4) is 0 Å². The van der Waals surface area contributed by atoms with Gasteiger partial charge in [-0.2, -0.15) is 0 Å². The first-order valence-corrected chi connectivity index (χ1v) is 6.32. The molecule has 0 aliphatic carbocycles. The molecule has 0 aromatic rings. The van der Waals surface area contributed by atoms with Crippen LogP contribution >= 0.6 is 24.8 Å². The zero-order chi connectivity index (χ0) is 10.2. The number of rotatable bonds is 6. The Kier molecular flexibility index (Phi) is 14.1.